The summed E-state index contributed by atoms with van der Waals surface area (Å²) in [6.45, 7) is 4.17. The van der Waals surface area contributed by atoms with E-state index in [-0.39, 0.29) is 46.9 Å². The van der Waals surface area contributed by atoms with Gasteiger partial charge in [-0.1, -0.05) is 6.92 Å². The minimum atomic E-state index is -3.76. The van der Waals surface area contributed by atoms with Crippen LogP contribution in [0.15, 0.2) is 10.6 Å². The SMILES string of the molecule is C[C@@H](O)[C@H]1C(=O)N2C(C(=O)O)=C(S[C@@H]3CN[C@H](CNS(N)(=O)=O)C3)[C@H](C)[C@@H]12.O. The van der Waals surface area contributed by atoms with Crippen molar-refractivity contribution in [3.8, 4) is 0 Å². The quantitative estimate of drug-likeness (QED) is 0.271. The number of amides is 1. The van der Waals surface area contributed by atoms with Gasteiger partial charge in [-0.3, -0.25) is 4.79 Å². The molecule has 0 aromatic heterocycles. The van der Waals surface area contributed by atoms with Gasteiger partial charge in [0.25, 0.3) is 10.2 Å². The van der Waals surface area contributed by atoms with Gasteiger partial charge in [0, 0.05) is 35.2 Å². The molecule has 11 nitrogen and oxygen atoms in total. The number of fused-ring (bicyclic) bond motifs is 1. The van der Waals surface area contributed by atoms with Crippen LogP contribution in [0.2, 0.25) is 0 Å². The van der Waals surface area contributed by atoms with Gasteiger partial charge >= 0.3 is 5.97 Å². The number of nitrogens with two attached hydrogens (primary N) is 1. The first-order chi connectivity index (χ1) is 12.5. The number of thioether (sulfide) groups is 1. The molecule has 0 unspecified atom stereocenters. The van der Waals surface area contributed by atoms with Crippen molar-refractivity contribution in [1.29, 1.82) is 0 Å². The lowest BCUT2D eigenvalue weighted by Crippen LogP contribution is -2.63. The average molecular weight is 439 g/mol. The Labute approximate surface area is 167 Å². The van der Waals surface area contributed by atoms with E-state index in [0.717, 1.165) is 0 Å². The smallest absolute Gasteiger partial charge is 0.353 e. The second-order valence-corrected chi connectivity index (χ2v) is 9.97. The normalized spacial score (nSPS) is 33.4. The standard InChI is InChI=1S/C15H24N4O6S2.H2O/c1-6-11-10(7(2)20)14(21)19(11)12(15(22)23)13(6)26-9-3-8(17-5-9)4-18-27(16,24)25;/h6-11,17-18,20H,3-5H2,1-2H3,(H,22,23)(H2,16,24,25);1H2/t6-,7-,8+,9+,10-,11+;/m1./s1. The summed E-state index contributed by atoms with van der Waals surface area (Å²) >= 11 is 1.41. The number of rotatable bonds is 7. The molecular formula is C15H26N4O7S2. The first-order valence-electron chi connectivity index (χ1n) is 8.67. The molecule has 1 amide bonds. The first-order valence-corrected chi connectivity index (χ1v) is 11.1. The van der Waals surface area contributed by atoms with Crippen molar-refractivity contribution in [2.75, 3.05) is 13.1 Å². The van der Waals surface area contributed by atoms with Gasteiger partial charge in [0.2, 0.25) is 5.91 Å². The molecule has 3 heterocycles. The van der Waals surface area contributed by atoms with E-state index in [1.807, 2.05) is 6.92 Å². The third kappa shape index (κ3) is 4.20. The minimum absolute atomic E-state index is 0. The van der Waals surface area contributed by atoms with Crippen molar-refractivity contribution < 1.29 is 33.7 Å². The Bertz CT molecular complexity index is 785. The van der Waals surface area contributed by atoms with Crippen LogP contribution in [0.3, 0.4) is 0 Å². The van der Waals surface area contributed by atoms with Crippen molar-refractivity contribution in [1.82, 2.24) is 14.9 Å². The molecule has 0 aliphatic carbocycles. The van der Waals surface area contributed by atoms with E-state index in [1.54, 1.807) is 6.92 Å². The molecule has 0 aromatic rings. The predicted octanol–water partition coefficient (Wildman–Crippen LogP) is -2.43. The van der Waals surface area contributed by atoms with Gasteiger partial charge in [0.15, 0.2) is 0 Å². The highest BCUT2D eigenvalue weighted by Crippen LogP contribution is 2.51. The summed E-state index contributed by atoms with van der Waals surface area (Å²) < 4.78 is 24.3. The lowest BCUT2D eigenvalue weighted by Gasteiger charge is -2.46. The Hall–Kier alpha value is -1.22. The predicted molar refractivity (Wildman–Crippen MR) is 102 cm³/mol. The number of carbonyl (C=O) groups excluding carboxylic acids is 1. The second kappa shape index (κ2) is 8.26. The molecule has 13 heteroatoms. The zero-order valence-electron chi connectivity index (χ0n) is 15.5. The maximum absolute atomic E-state index is 12.3. The van der Waals surface area contributed by atoms with Crippen molar-refractivity contribution in [2.24, 2.45) is 17.0 Å². The Kier molecular flexibility index (Phi) is 6.80. The lowest BCUT2D eigenvalue weighted by atomic mass is 9.79. The fraction of sp³-hybridized carbons (Fsp3) is 0.733. The summed E-state index contributed by atoms with van der Waals surface area (Å²) in [7, 11) is -3.76. The van der Waals surface area contributed by atoms with Gasteiger partial charge in [-0.2, -0.15) is 8.42 Å². The average Bonchev–Trinajstić information content (AvgIpc) is 3.07. The van der Waals surface area contributed by atoms with E-state index >= 15 is 0 Å². The molecule has 160 valence electrons. The maximum Gasteiger partial charge on any atom is 0.353 e. The van der Waals surface area contributed by atoms with E-state index in [1.165, 1.54) is 16.7 Å². The number of carboxylic acids is 1. The van der Waals surface area contributed by atoms with Gasteiger partial charge in [0.05, 0.1) is 18.1 Å². The number of carbonyl (C=O) groups is 2. The number of aliphatic hydroxyl groups is 1. The highest BCUT2D eigenvalue weighted by molar-refractivity contribution is 8.03. The van der Waals surface area contributed by atoms with E-state index in [2.05, 4.69) is 10.0 Å². The Balaban J connectivity index is 0.00000280. The van der Waals surface area contributed by atoms with Crippen LogP contribution in [-0.4, -0.2) is 77.4 Å². The van der Waals surface area contributed by atoms with E-state index in [0.29, 0.717) is 17.9 Å². The summed E-state index contributed by atoms with van der Waals surface area (Å²) in [6, 6.07) is -0.435. The molecule has 0 spiro atoms. The topological polar surface area (TPSA) is 194 Å². The zero-order valence-corrected chi connectivity index (χ0v) is 17.1. The minimum Gasteiger partial charge on any atom is -0.477 e. The number of carboxylic acid groups (broad SMARTS) is 1. The monoisotopic (exact) mass is 438 g/mol. The van der Waals surface area contributed by atoms with Crippen molar-refractivity contribution in [3.63, 3.8) is 0 Å². The Morgan fingerprint density at radius 2 is 2.14 bits per heavy atom. The summed E-state index contributed by atoms with van der Waals surface area (Å²) in [5, 5.41) is 27.7. The number of hydrogen-bond donors (Lipinski definition) is 5. The van der Waals surface area contributed by atoms with Gasteiger partial charge in [-0.25, -0.2) is 14.7 Å². The molecule has 3 aliphatic heterocycles. The molecule has 28 heavy (non-hydrogen) atoms. The van der Waals surface area contributed by atoms with Gasteiger partial charge < -0.3 is 25.9 Å². The summed E-state index contributed by atoms with van der Waals surface area (Å²) in [6.07, 6.45) is -0.197. The van der Waals surface area contributed by atoms with Crippen molar-refractivity contribution in [3.05, 3.63) is 10.6 Å². The fourth-order valence-corrected chi connectivity index (χ4v) is 6.05. The lowest BCUT2D eigenvalue weighted by molar-refractivity contribution is -0.163. The summed E-state index contributed by atoms with van der Waals surface area (Å²) in [5.41, 5.74) is 0.00510. The van der Waals surface area contributed by atoms with Gasteiger partial charge in [0.1, 0.15) is 5.70 Å². The fourth-order valence-electron chi connectivity index (χ4n) is 4.10. The second-order valence-electron chi connectivity index (χ2n) is 7.25. The molecule has 0 saturated carbocycles. The van der Waals surface area contributed by atoms with Crippen LogP contribution in [0.25, 0.3) is 0 Å². The van der Waals surface area contributed by atoms with E-state index in [9.17, 15) is 28.2 Å². The molecule has 3 aliphatic rings. The zero-order chi connectivity index (χ0) is 20.1. The van der Waals surface area contributed by atoms with Crippen LogP contribution in [0, 0.1) is 11.8 Å². The van der Waals surface area contributed by atoms with E-state index < -0.39 is 28.2 Å². The molecule has 6 atom stereocenters. The molecule has 8 N–H and O–H groups in total. The van der Waals surface area contributed by atoms with Gasteiger partial charge in [-0.15, -0.1) is 11.8 Å². The highest BCUT2D eigenvalue weighted by atomic mass is 32.2. The largest absolute Gasteiger partial charge is 0.477 e. The highest BCUT2D eigenvalue weighted by Gasteiger charge is 2.60. The number of hydrogen-bond acceptors (Lipinski definition) is 7. The van der Waals surface area contributed by atoms with Crippen LogP contribution < -0.4 is 15.2 Å². The molecule has 2 saturated heterocycles. The Morgan fingerprint density at radius 1 is 1.50 bits per heavy atom. The van der Waals surface area contributed by atoms with Crippen molar-refractivity contribution >= 4 is 33.8 Å². The maximum atomic E-state index is 12.3. The number of aliphatic carboxylic acids is 1. The summed E-state index contributed by atoms with van der Waals surface area (Å²) in [5.74, 6) is -2.27. The number of β-lactam (4-membered cyclic amide) rings is 1. The van der Waals surface area contributed by atoms with Crippen LogP contribution in [0.4, 0.5) is 0 Å². The molecule has 0 aromatic carbocycles. The third-order valence-electron chi connectivity index (χ3n) is 5.32. The first kappa shape index (κ1) is 23.1. The number of aliphatic hydroxyl groups excluding tert-OH is 1. The number of nitrogens with one attached hydrogen (secondary N) is 2. The van der Waals surface area contributed by atoms with Crippen molar-refractivity contribution in [2.45, 2.75) is 43.7 Å². The number of nitrogens with zero attached hydrogens (tertiary/aromatic N) is 1. The molecule has 0 bridgehead atoms. The summed E-state index contributed by atoms with van der Waals surface area (Å²) in [4.78, 5) is 26.1. The van der Waals surface area contributed by atoms with Crippen LogP contribution in [0.1, 0.15) is 20.3 Å². The molecular weight excluding hydrogens is 412 g/mol. The Morgan fingerprint density at radius 3 is 2.68 bits per heavy atom. The van der Waals surface area contributed by atoms with Crippen LogP contribution in [0.5, 0.6) is 0 Å². The van der Waals surface area contributed by atoms with Crippen LogP contribution in [-0.2, 0) is 19.8 Å². The molecule has 3 rings (SSSR count). The molecule has 2 fully saturated rings. The van der Waals surface area contributed by atoms with Crippen LogP contribution >= 0.6 is 11.8 Å². The van der Waals surface area contributed by atoms with Gasteiger partial charge in [-0.05, 0) is 13.3 Å². The third-order valence-corrected chi connectivity index (χ3v) is 7.40. The van der Waals surface area contributed by atoms with E-state index in [4.69, 9.17) is 5.14 Å². The molecule has 0 radical (unpaired) electrons.